The van der Waals surface area contributed by atoms with Gasteiger partial charge in [0.05, 0.1) is 0 Å². The second-order valence-electron chi connectivity index (χ2n) is 6.52. The molecule has 1 atom stereocenters. The Morgan fingerprint density at radius 2 is 1.54 bits per heavy atom. The molecule has 126 valence electrons. The Morgan fingerprint density at radius 3 is 2.04 bits per heavy atom. The molecule has 0 saturated heterocycles. The van der Waals surface area contributed by atoms with Crippen molar-refractivity contribution in [2.45, 2.75) is 38.4 Å². The first-order valence-electron chi connectivity index (χ1n) is 9.21. The molecule has 2 nitrogen and oxygen atoms in total. The molecule has 0 aromatic heterocycles. The lowest BCUT2D eigenvalue weighted by Crippen LogP contribution is -2.22. The Labute approximate surface area is 191 Å². The van der Waals surface area contributed by atoms with Crippen LogP contribution in [0.15, 0.2) is 36.4 Å². The lowest BCUT2D eigenvalue weighted by atomic mass is 9.92. The molecule has 0 spiro atoms. The maximum atomic E-state index is 2.92. The maximum absolute atomic E-state index is 2.92. The first kappa shape index (κ1) is 21.2. The molecule has 1 unspecified atom stereocenters. The lowest BCUT2D eigenvalue weighted by molar-refractivity contribution is 0.711. The predicted molar refractivity (Wildman–Crippen MR) is 121 cm³/mol. The summed E-state index contributed by atoms with van der Waals surface area (Å²) in [5, 5.41) is 0. The molecule has 26 heavy (non-hydrogen) atoms. The van der Waals surface area contributed by atoms with E-state index < -0.39 is 0 Å². The van der Waals surface area contributed by atoms with Crippen molar-refractivity contribution in [2.24, 2.45) is 0 Å². The summed E-state index contributed by atoms with van der Waals surface area (Å²) in [5.74, 6) is 3.99. The van der Waals surface area contributed by atoms with Crippen molar-refractivity contribution in [3.8, 4) is 11.1 Å². The summed E-state index contributed by atoms with van der Waals surface area (Å²) in [6.07, 6.45) is 2.43. The molecule has 0 heterocycles. The van der Waals surface area contributed by atoms with Crippen LogP contribution in [0.5, 0.6) is 0 Å². The number of hydrogen-bond donors (Lipinski definition) is 0. The van der Waals surface area contributed by atoms with E-state index in [2.05, 4.69) is 94.8 Å². The van der Waals surface area contributed by atoms with Gasteiger partial charge in [0.25, 0.3) is 33.0 Å². The predicted octanol–water partition coefficient (Wildman–Crippen LogP) is 4.33. The zero-order valence-electron chi connectivity index (χ0n) is 15.8. The first-order chi connectivity index (χ1) is 12.6. The van der Waals surface area contributed by atoms with Gasteiger partial charge in [-0.3, -0.25) is 0 Å². The molecule has 0 N–H and O–H groups in total. The van der Waals surface area contributed by atoms with E-state index >= 15 is 0 Å². The summed E-state index contributed by atoms with van der Waals surface area (Å²) >= 11 is 6.31. The van der Waals surface area contributed by atoms with Gasteiger partial charge in [0.2, 0.25) is 0 Å². The SMILES string of the molecule is CCCC1c2cc([N]([Al])[Al][CH3])ccc2-c2ccc([N]([Al])[Al][S]CC)cc21. The second kappa shape index (κ2) is 9.82. The zero-order valence-corrected chi connectivity index (χ0v) is 21.2. The van der Waals surface area contributed by atoms with E-state index in [1.165, 1.54) is 52.2 Å². The van der Waals surface area contributed by atoms with Gasteiger partial charge in [0, 0.05) is 5.92 Å². The normalized spacial score (nSPS) is 14.5. The van der Waals surface area contributed by atoms with Crippen molar-refractivity contribution >= 4 is 84.3 Å². The van der Waals surface area contributed by atoms with E-state index in [0.29, 0.717) is 5.92 Å². The fourth-order valence-corrected chi connectivity index (χ4v) is 7.06. The average Bonchev–Trinajstić information content (AvgIpc) is 2.98. The minimum Gasteiger partial charge on any atom is -0.580 e. The zero-order chi connectivity index (χ0) is 18.7. The van der Waals surface area contributed by atoms with E-state index in [-0.39, 0.29) is 29.7 Å². The van der Waals surface area contributed by atoms with Crippen LogP contribution in [0, 0.1) is 0 Å². The summed E-state index contributed by atoms with van der Waals surface area (Å²) in [6, 6.07) is 14.1. The number of benzene rings is 2. The number of rotatable bonds is 8. The van der Waals surface area contributed by atoms with Crippen molar-refractivity contribution < 1.29 is 0 Å². The maximum Gasteiger partial charge on any atom is 0.439 e. The molecule has 0 saturated carbocycles. The van der Waals surface area contributed by atoms with Gasteiger partial charge >= 0.3 is 29.7 Å². The van der Waals surface area contributed by atoms with Crippen molar-refractivity contribution in [1.82, 2.24) is 0 Å². The van der Waals surface area contributed by atoms with Crippen molar-refractivity contribution in [3.63, 3.8) is 0 Å². The largest absolute Gasteiger partial charge is 0.580 e. The average molecular weight is 418 g/mol. The molecule has 0 amide bonds. The van der Waals surface area contributed by atoms with E-state index in [1.807, 2.05) is 10.1 Å². The highest BCUT2D eigenvalue weighted by atomic mass is 32.3. The van der Waals surface area contributed by atoms with Gasteiger partial charge in [0.1, 0.15) is 0 Å². The number of fused-ring (bicyclic) bond motifs is 3. The summed E-state index contributed by atoms with van der Waals surface area (Å²) in [5.41, 5.74) is 8.57. The van der Waals surface area contributed by atoms with Crippen molar-refractivity contribution in [1.29, 1.82) is 0 Å². The van der Waals surface area contributed by atoms with Crippen LogP contribution in [-0.2, 0) is 0 Å². The Hall–Kier alpha value is 0.520. The fraction of sp³-hybridized carbons (Fsp3) is 0.368. The van der Waals surface area contributed by atoms with E-state index in [1.54, 1.807) is 0 Å². The highest BCUT2D eigenvalue weighted by Gasteiger charge is 2.28. The van der Waals surface area contributed by atoms with Gasteiger partial charge < -0.3 is 5.73 Å². The van der Waals surface area contributed by atoms with E-state index in [9.17, 15) is 0 Å². The summed E-state index contributed by atoms with van der Waals surface area (Å²) < 4.78 is 4.70. The van der Waals surface area contributed by atoms with Gasteiger partial charge in [-0.05, 0) is 70.1 Å². The molecular formula is C19H22Al4N2S. The molecule has 2 aromatic rings. The number of anilines is 2. The highest BCUT2D eigenvalue weighted by molar-refractivity contribution is 8.22. The van der Waals surface area contributed by atoms with Gasteiger partial charge in [-0.2, -0.15) is 0 Å². The molecule has 2 aromatic carbocycles. The topological polar surface area (TPSA) is 6.48 Å². The molecule has 0 aliphatic heterocycles. The van der Waals surface area contributed by atoms with Gasteiger partial charge in [-0.25, -0.2) is 10.1 Å². The minimum absolute atomic E-state index is 0.232. The second-order valence-corrected chi connectivity index (χ2v) is 13.2. The van der Waals surface area contributed by atoms with Crippen LogP contribution >= 0.6 is 10.1 Å². The Balaban J connectivity index is 2.00. The molecule has 1 aliphatic carbocycles. The summed E-state index contributed by atoms with van der Waals surface area (Å²) in [4.78, 5) is 0. The van der Waals surface area contributed by atoms with Crippen molar-refractivity contribution in [2.75, 3.05) is 11.5 Å². The highest BCUT2D eigenvalue weighted by Crippen LogP contribution is 2.48. The minimum atomic E-state index is 0.232. The summed E-state index contributed by atoms with van der Waals surface area (Å²) in [7, 11) is 2.03. The molecule has 6 radical (unpaired) electrons. The third-order valence-electron chi connectivity index (χ3n) is 4.92. The molecular weight excluding hydrogens is 396 g/mol. The first-order valence-corrected chi connectivity index (χ1v) is 14.9. The monoisotopic (exact) mass is 418 g/mol. The molecule has 7 heteroatoms. The van der Waals surface area contributed by atoms with Crippen LogP contribution in [0.25, 0.3) is 11.1 Å². The molecule has 3 rings (SSSR count). The third-order valence-corrected chi connectivity index (χ3v) is 11.5. The van der Waals surface area contributed by atoms with Crippen molar-refractivity contribution in [3.05, 3.63) is 47.5 Å². The summed E-state index contributed by atoms with van der Waals surface area (Å²) in [6.45, 7) is 4.53. The van der Waals surface area contributed by atoms with Crippen LogP contribution in [0.3, 0.4) is 0 Å². The molecule has 0 bridgehead atoms. The Morgan fingerprint density at radius 1 is 0.962 bits per heavy atom. The lowest BCUT2D eigenvalue weighted by Gasteiger charge is -2.24. The van der Waals surface area contributed by atoms with Crippen LogP contribution in [-0.4, -0.2) is 68.5 Å². The van der Waals surface area contributed by atoms with Crippen LogP contribution in [0.1, 0.15) is 43.7 Å². The Bertz CT molecular complexity index is 771. The standard InChI is InChI=1S/C16H14N2.C2H6S.CH3.4Al/c1-2-3-12-15-8-10(17)4-6-13(15)14-7-5-11(18)9-16(12)14;1-2-3;;;;;/h4-9,12H,2-3H2,1H3;3H,2H2,1H3;1H3;;;;/q;;;;;;+1/p-1. The number of nitrogens with zero attached hydrogens (tertiary/aromatic N) is 2. The van der Waals surface area contributed by atoms with Crippen LogP contribution in [0.4, 0.5) is 11.4 Å². The third kappa shape index (κ3) is 4.40. The van der Waals surface area contributed by atoms with Gasteiger partial charge in [-0.1, -0.05) is 38.2 Å². The van der Waals surface area contributed by atoms with Gasteiger partial charge in [0.15, 0.2) is 0 Å². The quantitative estimate of drug-likeness (QED) is 0.590. The smallest absolute Gasteiger partial charge is 0.439 e. The number of hydrogen-bond acceptors (Lipinski definition) is 3. The van der Waals surface area contributed by atoms with E-state index in [4.69, 9.17) is 0 Å². The molecule has 0 fully saturated rings. The molecule has 1 aliphatic rings. The van der Waals surface area contributed by atoms with E-state index in [0.717, 1.165) is 0 Å². The van der Waals surface area contributed by atoms with Crippen LogP contribution < -0.4 is 5.73 Å². The van der Waals surface area contributed by atoms with Gasteiger partial charge in [-0.15, -0.1) is 0 Å². The Kier molecular flexibility index (Phi) is 8.02. The van der Waals surface area contributed by atoms with Crippen LogP contribution in [0.2, 0.25) is 5.79 Å². The fourth-order valence-electron chi connectivity index (χ4n) is 3.62.